The SMILES string of the molecule is Cc1ccccc1OCC(=O)OCC(=O)N[C@H](C)c1cccc(Cl)c1. The summed E-state index contributed by atoms with van der Waals surface area (Å²) in [5.74, 6) is -0.385. The monoisotopic (exact) mass is 361 g/mol. The van der Waals surface area contributed by atoms with Crippen LogP contribution in [0.1, 0.15) is 24.1 Å². The third kappa shape index (κ3) is 6.12. The van der Waals surface area contributed by atoms with Crippen molar-refractivity contribution in [2.24, 2.45) is 0 Å². The molecule has 0 spiro atoms. The highest BCUT2D eigenvalue weighted by Gasteiger charge is 2.13. The van der Waals surface area contributed by atoms with Crippen molar-refractivity contribution in [2.45, 2.75) is 19.9 Å². The van der Waals surface area contributed by atoms with E-state index in [1.807, 2.05) is 44.2 Å². The largest absolute Gasteiger partial charge is 0.482 e. The van der Waals surface area contributed by atoms with Gasteiger partial charge in [0.15, 0.2) is 13.2 Å². The Bertz CT molecular complexity index is 748. The number of halogens is 1. The van der Waals surface area contributed by atoms with Gasteiger partial charge in [-0.1, -0.05) is 41.9 Å². The maximum absolute atomic E-state index is 11.9. The third-order valence-electron chi connectivity index (χ3n) is 3.53. The summed E-state index contributed by atoms with van der Waals surface area (Å²) in [7, 11) is 0. The molecule has 1 N–H and O–H groups in total. The first-order valence-electron chi connectivity index (χ1n) is 7.84. The molecule has 0 bridgehead atoms. The molecule has 0 heterocycles. The number of ether oxygens (including phenoxy) is 2. The van der Waals surface area contributed by atoms with E-state index in [2.05, 4.69) is 5.32 Å². The summed E-state index contributed by atoms with van der Waals surface area (Å²) in [5.41, 5.74) is 1.79. The van der Waals surface area contributed by atoms with Crippen molar-refractivity contribution < 1.29 is 19.1 Å². The molecule has 0 saturated carbocycles. The van der Waals surface area contributed by atoms with Gasteiger partial charge in [-0.15, -0.1) is 0 Å². The van der Waals surface area contributed by atoms with Crippen LogP contribution in [0, 0.1) is 6.92 Å². The Morgan fingerprint density at radius 2 is 1.88 bits per heavy atom. The molecule has 6 heteroatoms. The van der Waals surface area contributed by atoms with E-state index in [0.29, 0.717) is 10.8 Å². The van der Waals surface area contributed by atoms with Crippen LogP contribution < -0.4 is 10.1 Å². The lowest BCUT2D eigenvalue weighted by Gasteiger charge is -2.15. The molecule has 25 heavy (non-hydrogen) atoms. The molecule has 1 amide bonds. The third-order valence-corrected chi connectivity index (χ3v) is 3.76. The van der Waals surface area contributed by atoms with Gasteiger partial charge >= 0.3 is 5.97 Å². The Kier molecular flexibility index (Phi) is 6.83. The molecule has 2 aromatic rings. The van der Waals surface area contributed by atoms with Crippen LogP contribution in [0.25, 0.3) is 0 Å². The van der Waals surface area contributed by atoms with Gasteiger partial charge in [-0.05, 0) is 43.2 Å². The number of nitrogens with one attached hydrogen (secondary N) is 1. The van der Waals surface area contributed by atoms with Crippen LogP contribution >= 0.6 is 11.6 Å². The van der Waals surface area contributed by atoms with E-state index < -0.39 is 11.9 Å². The highest BCUT2D eigenvalue weighted by atomic mass is 35.5. The highest BCUT2D eigenvalue weighted by molar-refractivity contribution is 6.30. The minimum Gasteiger partial charge on any atom is -0.482 e. The van der Waals surface area contributed by atoms with Gasteiger partial charge in [0.25, 0.3) is 5.91 Å². The quantitative estimate of drug-likeness (QED) is 0.767. The number of esters is 1. The van der Waals surface area contributed by atoms with Gasteiger partial charge in [-0.3, -0.25) is 4.79 Å². The second kappa shape index (κ2) is 9.08. The van der Waals surface area contributed by atoms with Crippen LogP contribution in [-0.2, 0) is 14.3 Å². The van der Waals surface area contributed by atoms with Gasteiger partial charge in [0, 0.05) is 5.02 Å². The summed E-state index contributed by atoms with van der Waals surface area (Å²) >= 11 is 5.93. The number of carbonyl (C=O) groups excluding carboxylic acids is 2. The first kappa shape index (κ1) is 18.8. The number of amides is 1. The number of rotatable bonds is 7. The molecular formula is C19H20ClNO4. The number of benzene rings is 2. The maximum Gasteiger partial charge on any atom is 0.344 e. The summed E-state index contributed by atoms with van der Waals surface area (Å²) < 4.78 is 10.3. The number of aryl methyl sites for hydroxylation is 1. The zero-order valence-electron chi connectivity index (χ0n) is 14.1. The minimum atomic E-state index is -0.603. The molecule has 2 aromatic carbocycles. The molecule has 0 aliphatic rings. The highest BCUT2D eigenvalue weighted by Crippen LogP contribution is 2.17. The smallest absolute Gasteiger partial charge is 0.344 e. The van der Waals surface area contributed by atoms with E-state index in [9.17, 15) is 9.59 Å². The van der Waals surface area contributed by atoms with Crippen molar-refractivity contribution in [3.8, 4) is 5.75 Å². The zero-order valence-corrected chi connectivity index (χ0v) is 14.9. The van der Waals surface area contributed by atoms with Gasteiger partial charge in [0.2, 0.25) is 0 Å². The number of para-hydroxylation sites is 1. The van der Waals surface area contributed by atoms with Crippen molar-refractivity contribution in [2.75, 3.05) is 13.2 Å². The minimum absolute atomic E-state index is 0.242. The van der Waals surface area contributed by atoms with E-state index >= 15 is 0 Å². The molecular weight excluding hydrogens is 342 g/mol. The van der Waals surface area contributed by atoms with Gasteiger partial charge in [0.1, 0.15) is 5.75 Å². The first-order valence-corrected chi connectivity index (χ1v) is 8.22. The van der Waals surface area contributed by atoms with Gasteiger partial charge < -0.3 is 14.8 Å². The summed E-state index contributed by atoms with van der Waals surface area (Å²) in [6.07, 6.45) is 0. The molecule has 0 fully saturated rings. The van der Waals surface area contributed by atoms with Crippen molar-refractivity contribution >= 4 is 23.5 Å². The number of hydrogen-bond acceptors (Lipinski definition) is 4. The van der Waals surface area contributed by atoms with Gasteiger partial charge in [-0.25, -0.2) is 4.79 Å². The van der Waals surface area contributed by atoms with Crippen LogP contribution in [-0.4, -0.2) is 25.1 Å². The van der Waals surface area contributed by atoms with Crippen molar-refractivity contribution in [1.29, 1.82) is 0 Å². The standard InChI is InChI=1S/C19H20ClNO4/c1-13-6-3-4-9-17(13)24-12-19(23)25-11-18(22)21-14(2)15-7-5-8-16(20)10-15/h3-10,14H,11-12H2,1-2H3,(H,21,22)/t14-/m1/s1. The predicted octanol–water partition coefficient (Wildman–Crippen LogP) is 3.45. The van der Waals surface area contributed by atoms with Gasteiger partial charge in [-0.2, -0.15) is 0 Å². The van der Waals surface area contributed by atoms with Crippen molar-refractivity contribution in [3.63, 3.8) is 0 Å². The van der Waals surface area contributed by atoms with Crippen LogP contribution in [0.3, 0.4) is 0 Å². The van der Waals surface area contributed by atoms with Crippen molar-refractivity contribution in [3.05, 3.63) is 64.7 Å². The maximum atomic E-state index is 11.9. The van der Waals surface area contributed by atoms with E-state index in [1.165, 1.54) is 0 Å². The Labute approximate surface area is 151 Å². The number of carbonyl (C=O) groups is 2. The Balaban J connectivity index is 1.74. The zero-order chi connectivity index (χ0) is 18.2. The van der Waals surface area contributed by atoms with Crippen LogP contribution in [0.2, 0.25) is 5.02 Å². The lowest BCUT2D eigenvalue weighted by molar-refractivity contribution is -0.150. The summed E-state index contributed by atoms with van der Waals surface area (Å²) in [6, 6.07) is 14.3. The lowest BCUT2D eigenvalue weighted by Crippen LogP contribution is -2.32. The molecule has 0 unspecified atom stereocenters. The fraction of sp³-hybridized carbons (Fsp3) is 0.263. The molecule has 5 nitrogen and oxygen atoms in total. The molecule has 0 aliphatic carbocycles. The summed E-state index contributed by atoms with van der Waals surface area (Å²) in [5, 5.41) is 3.34. The van der Waals surface area contributed by atoms with Crippen LogP contribution in [0.4, 0.5) is 0 Å². The molecule has 2 rings (SSSR count). The molecule has 0 radical (unpaired) electrons. The fourth-order valence-electron chi connectivity index (χ4n) is 2.19. The second-order valence-electron chi connectivity index (χ2n) is 5.56. The van der Waals surface area contributed by atoms with Crippen LogP contribution in [0.5, 0.6) is 5.75 Å². The van der Waals surface area contributed by atoms with E-state index in [0.717, 1.165) is 11.1 Å². The molecule has 0 aromatic heterocycles. The average molecular weight is 362 g/mol. The summed E-state index contributed by atoms with van der Waals surface area (Å²) in [6.45, 7) is 3.10. The van der Waals surface area contributed by atoms with Crippen molar-refractivity contribution in [1.82, 2.24) is 5.32 Å². The summed E-state index contributed by atoms with van der Waals surface area (Å²) in [4.78, 5) is 23.6. The molecule has 1 atom stereocenters. The van der Waals surface area contributed by atoms with Gasteiger partial charge in [0.05, 0.1) is 6.04 Å². The second-order valence-corrected chi connectivity index (χ2v) is 6.00. The topological polar surface area (TPSA) is 64.6 Å². The number of hydrogen-bond donors (Lipinski definition) is 1. The molecule has 0 saturated heterocycles. The Morgan fingerprint density at radius 3 is 2.60 bits per heavy atom. The average Bonchev–Trinajstić information content (AvgIpc) is 2.59. The predicted molar refractivity (Wildman–Crippen MR) is 95.6 cm³/mol. The van der Waals surface area contributed by atoms with Crippen LogP contribution in [0.15, 0.2) is 48.5 Å². The Morgan fingerprint density at radius 1 is 1.12 bits per heavy atom. The lowest BCUT2D eigenvalue weighted by atomic mass is 10.1. The first-order chi connectivity index (χ1) is 12.0. The van der Waals surface area contributed by atoms with E-state index in [1.54, 1.807) is 18.2 Å². The fourth-order valence-corrected chi connectivity index (χ4v) is 2.38. The molecule has 132 valence electrons. The van der Waals surface area contributed by atoms with E-state index in [4.69, 9.17) is 21.1 Å². The normalized spacial score (nSPS) is 11.5. The Hall–Kier alpha value is -2.53. The molecule has 0 aliphatic heterocycles. The van der Waals surface area contributed by atoms with E-state index in [-0.39, 0.29) is 19.3 Å².